The molecule has 21 heteroatoms. The van der Waals surface area contributed by atoms with E-state index in [1.165, 1.54) is 0 Å². The Morgan fingerprint density at radius 3 is 0.619 bits per heavy atom. The van der Waals surface area contributed by atoms with Crippen molar-refractivity contribution in [3.8, 4) is 0 Å². The molecule has 0 aromatic heterocycles. The fourth-order valence-corrected chi connectivity index (χ4v) is 0. The number of hydrogen-bond acceptors (Lipinski definition) is 14. The second kappa shape index (κ2) is 16.2. The van der Waals surface area contributed by atoms with Crippen molar-refractivity contribution in [2.24, 2.45) is 0 Å². The van der Waals surface area contributed by atoms with Gasteiger partial charge in [-0.15, -0.1) is 10.1 Å². The molecule has 0 bridgehead atoms. The van der Waals surface area contributed by atoms with Crippen molar-refractivity contribution in [1.82, 2.24) is 0 Å². The van der Waals surface area contributed by atoms with Gasteiger partial charge in [-0.05, 0) is 0 Å². The zero-order chi connectivity index (χ0) is 17.1. The molecule has 0 unspecified atom stereocenters. The van der Waals surface area contributed by atoms with Crippen LogP contribution in [0.4, 0.5) is 0 Å². The average molecular weight is 405 g/mol. The SMILES string of the molecule is O=S(=O)([O-])[O-].O=S(=O)([O-])[O-].O=S(=O)([O-])[O-].O=[N+]([O-])O.[Al+3].[Al+3]. The first-order valence-corrected chi connectivity index (χ1v) is 6.57. The molecule has 1 N–H and O–H groups in total. The van der Waals surface area contributed by atoms with Crippen molar-refractivity contribution in [2.75, 3.05) is 0 Å². The summed E-state index contributed by atoms with van der Waals surface area (Å²) in [7, 11) is -15.5. The largest absolute Gasteiger partial charge is 3.00 e. The van der Waals surface area contributed by atoms with Crippen molar-refractivity contribution in [2.45, 2.75) is 0 Å². The van der Waals surface area contributed by atoms with Crippen LogP contribution in [0.3, 0.4) is 0 Å². The molecular weight excluding hydrogens is 404 g/mol. The summed E-state index contributed by atoms with van der Waals surface area (Å²) in [5.41, 5.74) is 0. The molecule has 0 fully saturated rings. The van der Waals surface area contributed by atoms with Gasteiger partial charge in [0, 0.05) is 31.2 Å². The molecule has 0 aliphatic rings. The third kappa shape index (κ3) is 406000. The van der Waals surface area contributed by atoms with Crippen molar-refractivity contribution in [3.63, 3.8) is 0 Å². The standard InChI is InChI=1S/2Al.HNO3.3H2O4S/c;;2-1(3)4;3*1-5(2,3)4/h;;(H,2,3,4);3*(H2,1,2,3,4)/q2*+3;;;;/p-6. The van der Waals surface area contributed by atoms with Gasteiger partial charge in [0.25, 0.3) is 5.09 Å². The molecule has 0 heterocycles. The van der Waals surface area contributed by atoms with Gasteiger partial charge in [-0.2, -0.15) is 0 Å². The number of rotatable bonds is 0. The Kier molecular flexibility index (Phi) is 28.8. The van der Waals surface area contributed by atoms with E-state index in [-0.39, 0.29) is 34.7 Å². The van der Waals surface area contributed by atoms with Gasteiger partial charge < -0.3 is 32.5 Å². The molecule has 0 spiro atoms. The third-order valence-corrected chi connectivity index (χ3v) is 0. The van der Waals surface area contributed by atoms with Crippen LogP contribution in [0.5, 0.6) is 0 Å². The Morgan fingerprint density at radius 1 is 0.619 bits per heavy atom. The second-order valence-electron chi connectivity index (χ2n) is 1.46. The Balaban J connectivity index is -0.0000000347. The Morgan fingerprint density at radius 2 is 0.619 bits per heavy atom. The first-order chi connectivity index (χ1) is 7.73. The molecule has 0 saturated carbocycles. The summed E-state index contributed by atoms with van der Waals surface area (Å²) in [6.45, 7) is 0. The number of hydrogen-bond donors (Lipinski definition) is 1. The fourth-order valence-electron chi connectivity index (χ4n) is 0. The Labute approximate surface area is 138 Å². The molecule has 0 atom stereocenters. The molecule has 120 valence electrons. The van der Waals surface area contributed by atoms with Gasteiger partial charge in [0.05, 0.1) is 0 Å². The maximum absolute atomic E-state index is 8.52. The van der Waals surface area contributed by atoms with E-state index in [0.29, 0.717) is 0 Å². The van der Waals surface area contributed by atoms with Crippen LogP contribution in [0.1, 0.15) is 0 Å². The monoisotopic (exact) mass is 405 g/mol. The number of nitrogens with zero attached hydrogens (tertiary/aromatic N) is 1. The quantitative estimate of drug-likeness (QED) is 0.129. The van der Waals surface area contributed by atoms with Crippen LogP contribution in [0, 0.1) is 10.1 Å². The molecule has 21 heavy (non-hydrogen) atoms. The van der Waals surface area contributed by atoms with Crippen LogP contribution in [0.2, 0.25) is 0 Å². The fraction of sp³-hybridized carbons (Fsp3) is 0. The minimum Gasteiger partial charge on any atom is -0.759 e. The summed E-state index contributed by atoms with van der Waals surface area (Å²) in [6, 6.07) is 0. The van der Waals surface area contributed by atoms with Gasteiger partial charge in [-0.25, -0.2) is 0 Å². The summed E-state index contributed by atoms with van der Waals surface area (Å²) in [5.74, 6) is 0. The summed E-state index contributed by atoms with van der Waals surface area (Å²) >= 11 is 0. The van der Waals surface area contributed by atoms with Crippen molar-refractivity contribution >= 4 is 65.9 Å². The van der Waals surface area contributed by atoms with E-state index in [1.807, 2.05) is 0 Å². The minimum absolute atomic E-state index is 0. The van der Waals surface area contributed by atoms with E-state index < -0.39 is 36.3 Å². The zero-order valence-corrected chi connectivity index (χ0v) is 13.7. The third-order valence-electron chi connectivity index (χ3n) is 0. The first-order valence-electron chi connectivity index (χ1n) is 2.57. The molecule has 0 aromatic rings. The van der Waals surface area contributed by atoms with E-state index in [4.69, 9.17) is 67.9 Å². The van der Waals surface area contributed by atoms with Crippen LogP contribution in [-0.4, -0.2) is 97.6 Å². The van der Waals surface area contributed by atoms with E-state index in [2.05, 4.69) is 0 Å². The maximum Gasteiger partial charge on any atom is 3.00 e. The van der Waals surface area contributed by atoms with Gasteiger partial charge in [0.15, 0.2) is 0 Å². The summed E-state index contributed by atoms with van der Waals surface area (Å²) in [5, 5.41) is 13.6. The smallest absolute Gasteiger partial charge is 0.759 e. The molecule has 0 rings (SSSR count). The summed E-state index contributed by atoms with van der Waals surface area (Å²) < 4.78 is 102. The van der Waals surface area contributed by atoms with Gasteiger partial charge in [0.2, 0.25) is 0 Å². The van der Waals surface area contributed by atoms with Crippen LogP contribution >= 0.6 is 0 Å². The molecule has 0 amide bonds. The zero-order valence-electron chi connectivity index (χ0n) is 8.99. The van der Waals surface area contributed by atoms with Crippen molar-refractivity contribution in [3.05, 3.63) is 10.1 Å². The normalized spacial score (nSPS) is 9.43. The predicted octanol–water partition coefficient (Wildman–Crippen LogP) is -5.12. The van der Waals surface area contributed by atoms with Crippen molar-refractivity contribution < 1.29 is 62.9 Å². The molecular formula is HAl2NO15S3. The summed E-state index contributed by atoms with van der Waals surface area (Å²) in [6.07, 6.45) is 0. The topological polar surface area (TPSA) is 304 Å². The van der Waals surface area contributed by atoms with Gasteiger partial charge in [0.1, 0.15) is 0 Å². The Bertz CT molecular complexity index is 424. The van der Waals surface area contributed by atoms with Crippen LogP contribution in [0.25, 0.3) is 0 Å². The molecule has 0 aliphatic carbocycles. The second-order valence-corrected chi connectivity index (χ2v) is 3.91. The molecule has 0 aromatic carbocycles. The van der Waals surface area contributed by atoms with E-state index >= 15 is 0 Å². The molecule has 0 aliphatic heterocycles. The maximum atomic E-state index is 8.52. The summed E-state index contributed by atoms with van der Waals surface area (Å²) in [4.78, 5) is 8.36. The van der Waals surface area contributed by atoms with Gasteiger partial charge >= 0.3 is 34.7 Å². The van der Waals surface area contributed by atoms with E-state index in [0.717, 1.165) is 0 Å². The van der Waals surface area contributed by atoms with Crippen LogP contribution in [0.15, 0.2) is 0 Å². The molecule has 16 nitrogen and oxygen atoms in total. The first kappa shape index (κ1) is 37.3. The average Bonchev–Trinajstić information content (AvgIpc) is 1.66. The van der Waals surface area contributed by atoms with Gasteiger partial charge in [-0.3, -0.25) is 25.3 Å². The van der Waals surface area contributed by atoms with E-state index in [1.54, 1.807) is 0 Å². The Hall–Kier alpha value is -0.125. The molecule has 0 radical (unpaired) electrons. The van der Waals surface area contributed by atoms with Crippen molar-refractivity contribution in [1.29, 1.82) is 0 Å². The molecule has 0 saturated heterocycles. The van der Waals surface area contributed by atoms with Gasteiger partial charge in [-0.1, -0.05) is 0 Å². The minimum atomic E-state index is -5.17. The van der Waals surface area contributed by atoms with Crippen LogP contribution < -0.4 is 0 Å². The van der Waals surface area contributed by atoms with E-state index in [9.17, 15) is 0 Å². The van der Waals surface area contributed by atoms with Crippen LogP contribution in [-0.2, 0) is 31.2 Å². The predicted molar refractivity (Wildman–Crippen MR) is 51.7 cm³/mol.